The molecule has 28 heavy (non-hydrogen) atoms. The molecule has 0 saturated carbocycles. The van der Waals surface area contributed by atoms with Gasteiger partial charge in [0, 0.05) is 28.9 Å². The number of nitrogens with zero attached hydrogens (tertiary/aromatic N) is 3. The first-order valence-electron chi connectivity index (χ1n) is 9.69. The molecule has 2 heterocycles. The van der Waals surface area contributed by atoms with Gasteiger partial charge in [0.25, 0.3) is 5.91 Å². The minimum absolute atomic E-state index is 0.0316. The topological polar surface area (TPSA) is 59.8 Å². The molecule has 0 fully saturated rings. The minimum atomic E-state index is -0.0316. The predicted octanol–water partition coefficient (Wildman–Crippen LogP) is 3.98. The van der Waals surface area contributed by atoms with Crippen molar-refractivity contribution in [3.63, 3.8) is 0 Å². The van der Waals surface area contributed by atoms with Gasteiger partial charge in [-0.15, -0.1) is 11.8 Å². The van der Waals surface area contributed by atoms with E-state index in [4.69, 9.17) is 5.10 Å². The van der Waals surface area contributed by atoms with E-state index >= 15 is 0 Å². The molecular weight excluding hydrogens is 368 g/mol. The van der Waals surface area contributed by atoms with Gasteiger partial charge in [-0.3, -0.25) is 14.5 Å². The Morgan fingerprint density at radius 3 is 2.79 bits per heavy atom. The molecule has 0 aliphatic heterocycles. The number of fused-ring (bicyclic) bond motifs is 1. The van der Waals surface area contributed by atoms with Gasteiger partial charge in [-0.1, -0.05) is 18.2 Å². The lowest BCUT2D eigenvalue weighted by atomic mass is 9.95. The van der Waals surface area contributed by atoms with E-state index in [-0.39, 0.29) is 5.91 Å². The molecule has 1 amide bonds. The third kappa shape index (κ3) is 3.83. The summed E-state index contributed by atoms with van der Waals surface area (Å²) >= 11 is 1.59. The number of amides is 1. The lowest BCUT2D eigenvalue weighted by molar-refractivity contribution is 0.0949. The van der Waals surface area contributed by atoms with E-state index in [1.54, 1.807) is 11.8 Å². The quantitative estimate of drug-likeness (QED) is 0.645. The number of thioether (sulfide) groups is 1. The number of aromatic nitrogens is 3. The highest BCUT2D eigenvalue weighted by Gasteiger charge is 2.22. The fourth-order valence-corrected chi connectivity index (χ4v) is 4.36. The maximum Gasteiger partial charge on any atom is 0.252 e. The SMILES string of the molecule is CSc1ccccc1C(=O)NCCn1nc(-c2ccccn2)c2c1CCCC2. The second kappa shape index (κ2) is 8.61. The predicted molar refractivity (Wildman–Crippen MR) is 113 cm³/mol. The first kappa shape index (κ1) is 18.7. The van der Waals surface area contributed by atoms with Crippen molar-refractivity contribution >= 4 is 17.7 Å². The number of pyridine rings is 1. The van der Waals surface area contributed by atoms with Crippen LogP contribution in [0.25, 0.3) is 11.4 Å². The molecule has 1 aliphatic carbocycles. The summed E-state index contributed by atoms with van der Waals surface area (Å²) in [6, 6.07) is 13.6. The molecule has 1 N–H and O–H groups in total. The molecule has 5 nitrogen and oxygen atoms in total. The fraction of sp³-hybridized carbons (Fsp3) is 0.318. The molecule has 0 spiro atoms. The van der Waals surface area contributed by atoms with Crippen LogP contribution >= 0.6 is 11.8 Å². The average Bonchev–Trinajstić information content (AvgIpc) is 3.13. The zero-order valence-corrected chi connectivity index (χ0v) is 16.8. The van der Waals surface area contributed by atoms with Gasteiger partial charge < -0.3 is 5.32 Å². The largest absolute Gasteiger partial charge is 0.350 e. The maximum absolute atomic E-state index is 12.6. The normalized spacial score (nSPS) is 13.2. The van der Waals surface area contributed by atoms with Crippen LogP contribution in [-0.4, -0.2) is 33.5 Å². The molecule has 2 aromatic heterocycles. The summed E-state index contributed by atoms with van der Waals surface area (Å²) in [6.45, 7) is 1.22. The average molecular weight is 393 g/mol. The molecule has 0 bridgehead atoms. The van der Waals surface area contributed by atoms with Crippen molar-refractivity contribution in [3.05, 3.63) is 65.5 Å². The van der Waals surface area contributed by atoms with E-state index in [0.717, 1.165) is 34.7 Å². The number of benzene rings is 1. The molecule has 0 atom stereocenters. The van der Waals surface area contributed by atoms with Crippen molar-refractivity contribution in [1.29, 1.82) is 0 Å². The van der Waals surface area contributed by atoms with Crippen LogP contribution in [0.15, 0.2) is 53.6 Å². The molecule has 0 radical (unpaired) electrons. The summed E-state index contributed by atoms with van der Waals surface area (Å²) in [4.78, 5) is 18.1. The molecule has 1 aliphatic rings. The molecule has 144 valence electrons. The van der Waals surface area contributed by atoms with E-state index in [1.165, 1.54) is 24.1 Å². The number of hydrogen-bond acceptors (Lipinski definition) is 4. The Labute approximate surface area is 169 Å². The second-order valence-corrected chi connectivity index (χ2v) is 7.72. The molecule has 3 aromatic rings. The van der Waals surface area contributed by atoms with Gasteiger partial charge in [0.1, 0.15) is 5.69 Å². The molecule has 0 saturated heterocycles. The van der Waals surface area contributed by atoms with E-state index in [1.807, 2.05) is 54.9 Å². The van der Waals surface area contributed by atoms with Gasteiger partial charge in [0.15, 0.2) is 0 Å². The first-order valence-corrected chi connectivity index (χ1v) is 10.9. The molecule has 6 heteroatoms. The van der Waals surface area contributed by atoms with Crippen LogP contribution in [0.5, 0.6) is 0 Å². The van der Waals surface area contributed by atoms with E-state index < -0.39 is 0 Å². The van der Waals surface area contributed by atoms with E-state index in [0.29, 0.717) is 13.1 Å². The van der Waals surface area contributed by atoms with Gasteiger partial charge in [-0.2, -0.15) is 5.10 Å². The maximum atomic E-state index is 12.6. The van der Waals surface area contributed by atoms with Gasteiger partial charge in [-0.05, 0) is 56.2 Å². The van der Waals surface area contributed by atoms with Crippen LogP contribution < -0.4 is 5.32 Å². The number of hydrogen-bond donors (Lipinski definition) is 1. The molecule has 4 rings (SSSR count). The van der Waals surface area contributed by atoms with Crippen molar-refractivity contribution in [2.24, 2.45) is 0 Å². The highest BCUT2D eigenvalue weighted by atomic mass is 32.2. The third-order valence-corrected chi connectivity index (χ3v) is 5.92. The molecular formula is C22H24N4OS. The Hall–Kier alpha value is -2.60. The third-order valence-electron chi connectivity index (χ3n) is 5.13. The van der Waals surface area contributed by atoms with Crippen LogP contribution in [0.1, 0.15) is 34.5 Å². The van der Waals surface area contributed by atoms with Crippen LogP contribution in [-0.2, 0) is 19.4 Å². The zero-order chi connectivity index (χ0) is 19.3. The van der Waals surface area contributed by atoms with Gasteiger partial charge >= 0.3 is 0 Å². The van der Waals surface area contributed by atoms with Crippen LogP contribution in [0.4, 0.5) is 0 Å². The Morgan fingerprint density at radius 1 is 1.14 bits per heavy atom. The lowest BCUT2D eigenvalue weighted by Gasteiger charge is -2.14. The zero-order valence-electron chi connectivity index (χ0n) is 16.0. The first-order chi connectivity index (χ1) is 13.8. The minimum Gasteiger partial charge on any atom is -0.350 e. The summed E-state index contributed by atoms with van der Waals surface area (Å²) in [5, 5.41) is 7.91. The standard InChI is InChI=1S/C22H24N4OS/c1-28-20-12-5-3-9-17(20)22(27)24-14-15-26-19-11-4-2-8-16(19)21(25-26)18-10-6-7-13-23-18/h3,5-7,9-10,12-13H,2,4,8,11,14-15H2,1H3,(H,24,27). The highest BCUT2D eigenvalue weighted by Crippen LogP contribution is 2.30. The van der Waals surface area contributed by atoms with Gasteiger partial charge in [0.05, 0.1) is 17.8 Å². The van der Waals surface area contributed by atoms with Crippen molar-refractivity contribution in [2.45, 2.75) is 37.1 Å². The summed E-state index contributed by atoms with van der Waals surface area (Å²) in [6.07, 6.45) is 8.27. The number of nitrogens with one attached hydrogen (secondary N) is 1. The monoisotopic (exact) mass is 392 g/mol. The van der Waals surface area contributed by atoms with Crippen molar-refractivity contribution in [2.75, 3.05) is 12.8 Å². The van der Waals surface area contributed by atoms with Gasteiger partial charge in [0.2, 0.25) is 0 Å². The number of carbonyl (C=O) groups excluding carboxylic acids is 1. The summed E-state index contributed by atoms with van der Waals surface area (Å²) in [5.41, 5.74) is 5.27. The van der Waals surface area contributed by atoms with Crippen LogP contribution in [0, 0.1) is 0 Å². The summed E-state index contributed by atoms with van der Waals surface area (Å²) in [5.74, 6) is -0.0316. The lowest BCUT2D eigenvalue weighted by Crippen LogP contribution is -2.28. The van der Waals surface area contributed by atoms with Crippen molar-refractivity contribution in [1.82, 2.24) is 20.1 Å². The second-order valence-electron chi connectivity index (χ2n) is 6.88. The highest BCUT2D eigenvalue weighted by molar-refractivity contribution is 7.98. The summed E-state index contributed by atoms with van der Waals surface area (Å²) < 4.78 is 2.07. The molecule has 0 unspecified atom stereocenters. The Kier molecular flexibility index (Phi) is 5.76. The van der Waals surface area contributed by atoms with E-state index in [9.17, 15) is 4.79 Å². The number of rotatable bonds is 6. The van der Waals surface area contributed by atoms with Crippen molar-refractivity contribution in [3.8, 4) is 11.4 Å². The molecule has 1 aromatic carbocycles. The number of carbonyl (C=O) groups is 1. The Bertz CT molecular complexity index is 968. The Balaban J connectivity index is 1.49. The van der Waals surface area contributed by atoms with Crippen LogP contribution in [0.2, 0.25) is 0 Å². The van der Waals surface area contributed by atoms with Crippen molar-refractivity contribution < 1.29 is 4.79 Å². The van der Waals surface area contributed by atoms with Gasteiger partial charge in [-0.25, -0.2) is 0 Å². The smallest absolute Gasteiger partial charge is 0.252 e. The Morgan fingerprint density at radius 2 is 1.96 bits per heavy atom. The fourth-order valence-electron chi connectivity index (χ4n) is 3.77. The van der Waals surface area contributed by atoms with E-state index in [2.05, 4.69) is 15.0 Å². The van der Waals surface area contributed by atoms with Crippen LogP contribution in [0.3, 0.4) is 0 Å². The summed E-state index contributed by atoms with van der Waals surface area (Å²) in [7, 11) is 0.